The van der Waals surface area contributed by atoms with Crippen LogP contribution in [0.3, 0.4) is 0 Å². The minimum absolute atomic E-state index is 0.113. The average molecular weight is 340 g/mol. The van der Waals surface area contributed by atoms with E-state index in [-0.39, 0.29) is 11.6 Å². The Morgan fingerprint density at radius 1 is 1.29 bits per heavy atom. The van der Waals surface area contributed by atoms with Gasteiger partial charge in [0.25, 0.3) is 0 Å². The van der Waals surface area contributed by atoms with Gasteiger partial charge in [-0.15, -0.1) is 0 Å². The van der Waals surface area contributed by atoms with Crippen LogP contribution in [0.5, 0.6) is 5.75 Å². The van der Waals surface area contributed by atoms with Crippen LogP contribution in [0.25, 0.3) is 0 Å². The van der Waals surface area contributed by atoms with Gasteiger partial charge in [0.05, 0.1) is 11.6 Å². The number of carboxylic acid groups (broad SMARTS) is 1. The Labute approximate surface area is 144 Å². The number of carbonyl (C=O) groups is 1. The van der Waals surface area contributed by atoms with E-state index < -0.39 is 11.7 Å². The molecule has 2 aromatic carbocycles. The first kappa shape index (κ1) is 15.0. The van der Waals surface area contributed by atoms with Gasteiger partial charge in [0.1, 0.15) is 5.75 Å². The maximum atomic E-state index is 11.0. The van der Waals surface area contributed by atoms with Crippen molar-refractivity contribution < 1.29 is 14.6 Å². The predicted molar refractivity (Wildman–Crippen MR) is 94.4 cm³/mol. The zero-order valence-electron chi connectivity index (χ0n) is 13.0. The lowest BCUT2D eigenvalue weighted by Crippen LogP contribution is -2.65. The quantitative estimate of drug-likeness (QED) is 0.818. The third kappa shape index (κ3) is 2.22. The van der Waals surface area contributed by atoms with Gasteiger partial charge < -0.3 is 15.2 Å². The molecule has 6 heteroatoms. The number of nitrogens with one attached hydrogen (secondary N) is 1. The first-order valence-corrected chi connectivity index (χ1v) is 8.11. The lowest BCUT2D eigenvalue weighted by Gasteiger charge is -2.52. The highest BCUT2D eigenvalue weighted by atomic mass is 32.1. The number of ether oxygens (including phenoxy) is 1. The van der Waals surface area contributed by atoms with E-state index in [2.05, 4.69) is 5.32 Å². The second kappa shape index (κ2) is 5.21. The molecule has 0 aromatic heterocycles. The third-order valence-electron chi connectivity index (χ3n) is 4.55. The van der Waals surface area contributed by atoms with E-state index in [1.807, 2.05) is 36.1 Å². The fourth-order valence-electron chi connectivity index (χ4n) is 3.47. The third-order valence-corrected chi connectivity index (χ3v) is 4.85. The Bertz CT molecular complexity index is 836. The SMILES string of the molecule is C[C@@]12C[C@@H](NC(=S)N1c1ccc(C(=O)O)cc1)c1ccccc1O2. The monoisotopic (exact) mass is 340 g/mol. The number of hydrogen-bond acceptors (Lipinski definition) is 3. The van der Waals surface area contributed by atoms with Gasteiger partial charge in [0.2, 0.25) is 0 Å². The molecule has 1 fully saturated rings. The molecule has 0 unspecified atom stereocenters. The van der Waals surface area contributed by atoms with Crippen LogP contribution in [0, 0.1) is 0 Å². The van der Waals surface area contributed by atoms with Gasteiger partial charge in [-0.2, -0.15) is 0 Å². The van der Waals surface area contributed by atoms with Crippen molar-refractivity contribution in [3.63, 3.8) is 0 Å². The molecule has 0 saturated carbocycles. The van der Waals surface area contributed by atoms with Gasteiger partial charge in [0.15, 0.2) is 10.8 Å². The summed E-state index contributed by atoms with van der Waals surface area (Å²) >= 11 is 5.57. The molecule has 2 atom stereocenters. The number of anilines is 1. The summed E-state index contributed by atoms with van der Waals surface area (Å²) in [4.78, 5) is 13.0. The normalized spacial score (nSPS) is 24.6. The molecular weight excluding hydrogens is 324 g/mol. The Balaban J connectivity index is 1.75. The van der Waals surface area contributed by atoms with Gasteiger partial charge >= 0.3 is 5.97 Å². The number of carboxylic acids is 1. The van der Waals surface area contributed by atoms with E-state index in [0.717, 1.165) is 23.4 Å². The van der Waals surface area contributed by atoms with Crippen molar-refractivity contribution in [2.45, 2.75) is 25.1 Å². The van der Waals surface area contributed by atoms with E-state index in [9.17, 15) is 4.79 Å². The second-order valence-electron chi connectivity index (χ2n) is 6.21. The van der Waals surface area contributed by atoms with Crippen molar-refractivity contribution in [3.05, 3.63) is 59.7 Å². The molecule has 4 rings (SSSR count). The topological polar surface area (TPSA) is 61.8 Å². The molecule has 1 saturated heterocycles. The molecule has 122 valence electrons. The van der Waals surface area contributed by atoms with E-state index in [1.54, 1.807) is 24.3 Å². The van der Waals surface area contributed by atoms with E-state index in [1.165, 1.54) is 0 Å². The lowest BCUT2D eigenvalue weighted by atomic mass is 9.90. The average Bonchev–Trinajstić information content (AvgIpc) is 2.54. The summed E-state index contributed by atoms with van der Waals surface area (Å²) < 4.78 is 6.29. The van der Waals surface area contributed by atoms with Crippen LogP contribution in [0.15, 0.2) is 48.5 Å². The highest BCUT2D eigenvalue weighted by Gasteiger charge is 2.48. The molecule has 2 aromatic rings. The van der Waals surface area contributed by atoms with Crippen molar-refractivity contribution in [3.8, 4) is 5.75 Å². The van der Waals surface area contributed by atoms with Gasteiger partial charge in [0, 0.05) is 17.7 Å². The van der Waals surface area contributed by atoms with Crippen LogP contribution in [0.2, 0.25) is 0 Å². The minimum Gasteiger partial charge on any atom is -0.478 e. The van der Waals surface area contributed by atoms with Crippen LogP contribution < -0.4 is 15.0 Å². The number of rotatable bonds is 2. The molecule has 5 nitrogen and oxygen atoms in total. The number of thiocarbonyl (C=S) groups is 1. The number of aromatic carboxylic acids is 1. The van der Waals surface area contributed by atoms with Gasteiger partial charge in [-0.05, 0) is 49.5 Å². The highest BCUT2D eigenvalue weighted by molar-refractivity contribution is 7.80. The molecule has 2 aliphatic heterocycles. The fourth-order valence-corrected chi connectivity index (χ4v) is 3.91. The zero-order valence-corrected chi connectivity index (χ0v) is 13.8. The molecule has 0 radical (unpaired) electrons. The Hall–Kier alpha value is -2.60. The maximum Gasteiger partial charge on any atom is 0.335 e. The summed E-state index contributed by atoms with van der Waals surface area (Å²) in [5.74, 6) is -0.103. The number of hydrogen-bond donors (Lipinski definition) is 2. The van der Waals surface area contributed by atoms with Crippen LogP contribution in [-0.2, 0) is 0 Å². The molecule has 2 bridgehead atoms. The summed E-state index contributed by atoms with van der Waals surface area (Å²) in [5.41, 5.74) is 1.54. The summed E-state index contributed by atoms with van der Waals surface area (Å²) in [6, 6.07) is 14.7. The van der Waals surface area contributed by atoms with Gasteiger partial charge in [-0.25, -0.2) is 4.79 Å². The second-order valence-corrected chi connectivity index (χ2v) is 6.60. The van der Waals surface area contributed by atoms with Gasteiger partial charge in [-0.1, -0.05) is 18.2 Å². The number of benzene rings is 2. The number of para-hydroxylation sites is 1. The Morgan fingerprint density at radius 2 is 2.00 bits per heavy atom. The van der Waals surface area contributed by atoms with Crippen LogP contribution >= 0.6 is 12.2 Å². The van der Waals surface area contributed by atoms with E-state index >= 15 is 0 Å². The number of nitrogens with zero attached hydrogens (tertiary/aromatic N) is 1. The first-order valence-electron chi connectivity index (χ1n) is 7.70. The van der Waals surface area contributed by atoms with Crippen molar-refractivity contribution in [1.29, 1.82) is 0 Å². The summed E-state index contributed by atoms with van der Waals surface area (Å²) in [6.07, 6.45) is 0.741. The maximum absolute atomic E-state index is 11.0. The van der Waals surface area contributed by atoms with E-state index in [0.29, 0.717) is 5.11 Å². The molecule has 0 amide bonds. The standard InChI is InChI=1S/C18H16N2O3S/c1-18-10-14(13-4-2-3-5-15(13)23-18)19-17(24)20(18)12-8-6-11(7-9-12)16(21)22/h2-9,14H,10H2,1H3,(H,19,24)(H,21,22)/t14-,18-/m1/s1. The lowest BCUT2D eigenvalue weighted by molar-refractivity contribution is 0.0498. The fraction of sp³-hybridized carbons (Fsp3) is 0.222. The predicted octanol–water partition coefficient (Wildman–Crippen LogP) is 3.32. The van der Waals surface area contributed by atoms with Gasteiger partial charge in [-0.3, -0.25) is 4.90 Å². The largest absolute Gasteiger partial charge is 0.478 e. The van der Waals surface area contributed by atoms with Crippen LogP contribution in [0.1, 0.15) is 35.3 Å². The summed E-state index contributed by atoms with van der Waals surface area (Å²) in [7, 11) is 0. The zero-order chi connectivity index (χ0) is 16.9. The molecule has 24 heavy (non-hydrogen) atoms. The molecular formula is C18H16N2O3S. The van der Waals surface area contributed by atoms with Crippen LogP contribution in [-0.4, -0.2) is 21.9 Å². The highest BCUT2D eigenvalue weighted by Crippen LogP contribution is 2.45. The summed E-state index contributed by atoms with van der Waals surface area (Å²) in [6.45, 7) is 2.01. The van der Waals surface area contributed by atoms with Crippen molar-refractivity contribution in [2.75, 3.05) is 4.90 Å². The molecule has 2 heterocycles. The summed E-state index contributed by atoms with van der Waals surface area (Å²) in [5, 5.41) is 13.0. The van der Waals surface area contributed by atoms with Crippen molar-refractivity contribution in [1.82, 2.24) is 5.32 Å². The molecule has 0 aliphatic carbocycles. The smallest absolute Gasteiger partial charge is 0.335 e. The van der Waals surface area contributed by atoms with Crippen LogP contribution in [0.4, 0.5) is 5.69 Å². The van der Waals surface area contributed by atoms with E-state index in [4.69, 9.17) is 22.1 Å². The molecule has 2 N–H and O–H groups in total. The Morgan fingerprint density at radius 3 is 2.71 bits per heavy atom. The number of fused-ring (bicyclic) bond motifs is 4. The Kier molecular flexibility index (Phi) is 3.25. The first-order chi connectivity index (χ1) is 11.5. The van der Waals surface area contributed by atoms with Crippen molar-refractivity contribution >= 4 is 29.0 Å². The molecule has 2 aliphatic rings. The molecule has 0 spiro atoms. The van der Waals surface area contributed by atoms with Crippen molar-refractivity contribution in [2.24, 2.45) is 0 Å². The minimum atomic E-state index is -0.949.